The molecule has 0 aliphatic carbocycles. The summed E-state index contributed by atoms with van der Waals surface area (Å²) < 4.78 is 6.89. The summed E-state index contributed by atoms with van der Waals surface area (Å²) in [6.45, 7) is 0. The molecule has 74 valence electrons. The highest BCUT2D eigenvalue weighted by Crippen LogP contribution is 2.32. The van der Waals surface area contributed by atoms with E-state index in [1.54, 1.807) is 0 Å². The largest absolute Gasteiger partial charge is 0.455 e. The lowest BCUT2D eigenvalue weighted by Crippen LogP contribution is -1.70. The highest BCUT2D eigenvalue weighted by atomic mass is 127. The first-order chi connectivity index (χ1) is 7.25. The van der Waals surface area contributed by atoms with Crippen LogP contribution in [0.5, 0.6) is 0 Å². The lowest BCUT2D eigenvalue weighted by molar-refractivity contribution is 0.666. The smallest absolute Gasteiger partial charge is 0.148 e. The Morgan fingerprint density at radius 3 is 2.80 bits per heavy atom. The number of para-hydroxylation sites is 1. The average Bonchev–Trinajstić information content (AvgIpc) is 2.58. The monoisotopic (exact) mass is 328 g/mol. The Balaban J connectivity index is 2.58. The first-order valence-electron chi connectivity index (χ1n) is 4.52. The average molecular weight is 329 g/mol. The molecule has 3 heteroatoms. The van der Waals surface area contributed by atoms with Gasteiger partial charge < -0.3 is 4.42 Å². The van der Waals surface area contributed by atoms with Crippen LogP contribution < -0.4 is 0 Å². The van der Waals surface area contributed by atoms with E-state index in [1.165, 1.54) is 0 Å². The van der Waals surface area contributed by atoms with Crippen molar-refractivity contribution in [1.82, 2.24) is 0 Å². The van der Waals surface area contributed by atoms with Gasteiger partial charge in [-0.3, -0.25) is 0 Å². The summed E-state index contributed by atoms with van der Waals surface area (Å²) in [5.41, 5.74) is 1.83. The van der Waals surface area contributed by atoms with Crippen LogP contribution in [0.2, 0.25) is 5.02 Å². The molecule has 0 atom stereocenters. The minimum Gasteiger partial charge on any atom is -0.455 e. The molecule has 0 unspecified atom stereocenters. The fraction of sp³-hybridized carbons (Fsp3) is 0. The molecule has 0 fully saturated rings. The summed E-state index contributed by atoms with van der Waals surface area (Å²) in [6, 6.07) is 11.8. The van der Waals surface area contributed by atoms with Crippen LogP contribution in [0.1, 0.15) is 0 Å². The van der Waals surface area contributed by atoms with E-state index in [0.717, 1.165) is 30.5 Å². The quantitative estimate of drug-likeness (QED) is 0.538. The highest BCUT2D eigenvalue weighted by molar-refractivity contribution is 14.1. The van der Waals surface area contributed by atoms with Gasteiger partial charge >= 0.3 is 0 Å². The summed E-state index contributed by atoms with van der Waals surface area (Å²) in [4.78, 5) is 0. The van der Waals surface area contributed by atoms with Crippen LogP contribution in [0.4, 0.5) is 0 Å². The molecule has 3 aromatic rings. The maximum absolute atomic E-state index is 5.97. The van der Waals surface area contributed by atoms with Gasteiger partial charge in [0.05, 0.1) is 3.57 Å². The normalized spacial score (nSPS) is 11.3. The summed E-state index contributed by atoms with van der Waals surface area (Å²) in [7, 11) is 0. The number of rotatable bonds is 0. The van der Waals surface area contributed by atoms with Gasteiger partial charge in [-0.1, -0.05) is 23.7 Å². The third-order valence-electron chi connectivity index (χ3n) is 2.41. The Hall–Kier alpha value is -0.740. The molecule has 0 saturated heterocycles. The molecule has 0 aliphatic rings. The molecule has 3 rings (SSSR count). The highest BCUT2D eigenvalue weighted by Gasteiger charge is 2.08. The van der Waals surface area contributed by atoms with Gasteiger partial charge in [0.15, 0.2) is 0 Å². The van der Waals surface area contributed by atoms with Gasteiger partial charge in [0.2, 0.25) is 0 Å². The Bertz CT molecular complexity index is 657. The molecule has 0 saturated carbocycles. The van der Waals surface area contributed by atoms with Gasteiger partial charge in [-0.2, -0.15) is 0 Å². The van der Waals surface area contributed by atoms with Gasteiger partial charge in [-0.05, 0) is 46.9 Å². The van der Waals surface area contributed by atoms with Gasteiger partial charge in [-0.15, -0.1) is 0 Å². The minimum atomic E-state index is 0.740. The van der Waals surface area contributed by atoms with Gasteiger partial charge in [0.1, 0.15) is 11.2 Å². The summed E-state index contributed by atoms with van der Waals surface area (Å²) >= 11 is 8.25. The van der Waals surface area contributed by atoms with E-state index >= 15 is 0 Å². The molecule has 1 aromatic heterocycles. The van der Waals surface area contributed by atoms with E-state index in [1.807, 2.05) is 30.3 Å². The second-order valence-corrected chi connectivity index (χ2v) is 4.96. The van der Waals surface area contributed by atoms with E-state index < -0.39 is 0 Å². The van der Waals surface area contributed by atoms with E-state index in [2.05, 4.69) is 28.7 Å². The molecular weight excluding hydrogens is 322 g/mol. The molecule has 0 amide bonds. The summed E-state index contributed by atoms with van der Waals surface area (Å²) in [6.07, 6.45) is 0. The van der Waals surface area contributed by atoms with Crippen molar-refractivity contribution in [2.45, 2.75) is 0 Å². The van der Waals surface area contributed by atoms with Crippen molar-refractivity contribution in [2.24, 2.45) is 0 Å². The standard InChI is InChI=1S/C12H6ClIO/c13-7-4-5-11-9(6-7)8-2-1-3-10(14)12(8)15-11/h1-6H. The Kier molecular flexibility index (Phi) is 2.14. The maximum atomic E-state index is 5.97. The second kappa shape index (κ2) is 3.39. The Morgan fingerprint density at radius 1 is 1.07 bits per heavy atom. The minimum absolute atomic E-state index is 0.740. The lowest BCUT2D eigenvalue weighted by Gasteiger charge is -1.91. The topological polar surface area (TPSA) is 13.1 Å². The lowest BCUT2D eigenvalue weighted by atomic mass is 10.1. The molecule has 15 heavy (non-hydrogen) atoms. The Labute approximate surface area is 105 Å². The molecule has 1 heterocycles. The molecule has 0 bridgehead atoms. The van der Waals surface area contributed by atoms with E-state index in [9.17, 15) is 0 Å². The molecule has 0 aliphatic heterocycles. The summed E-state index contributed by atoms with van der Waals surface area (Å²) in [5.74, 6) is 0. The van der Waals surface area contributed by atoms with Crippen LogP contribution in [0.25, 0.3) is 21.9 Å². The van der Waals surface area contributed by atoms with E-state index in [0.29, 0.717) is 0 Å². The zero-order chi connectivity index (χ0) is 10.4. The van der Waals surface area contributed by atoms with Crippen LogP contribution in [-0.2, 0) is 0 Å². The first-order valence-corrected chi connectivity index (χ1v) is 5.97. The van der Waals surface area contributed by atoms with Crippen molar-refractivity contribution in [3.8, 4) is 0 Å². The van der Waals surface area contributed by atoms with Gasteiger partial charge in [0, 0.05) is 15.8 Å². The molecule has 0 spiro atoms. The molecule has 1 nitrogen and oxygen atoms in total. The van der Waals surface area contributed by atoms with Crippen molar-refractivity contribution >= 4 is 56.1 Å². The number of benzene rings is 2. The van der Waals surface area contributed by atoms with Crippen molar-refractivity contribution in [3.63, 3.8) is 0 Å². The maximum Gasteiger partial charge on any atom is 0.148 e. The van der Waals surface area contributed by atoms with E-state index in [4.69, 9.17) is 16.0 Å². The fourth-order valence-corrected chi connectivity index (χ4v) is 2.52. The zero-order valence-corrected chi connectivity index (χ0v) is 10.5. The third-order valence-corrected chi connectivity index (χ3v) is 3.50. The van der Waals surface area contributed by atoms with E-state index in [-0.39, 0.29) is 0 Å². The van der Waals surface area contributed by atoms with Crippen LogP contribution >= 0.6 is 34.2 Å². The number of halogens is 2. The number of fused-ring (bicyclic) bond motifs is 3. The second-order valence-electron chi connectivity index (χ2n) is 3.36. The van der Waals surface area contributed by atoms with Crippen LogP contribution in [0.15, 0.2) is 40.8 Å². The van der Waals surface area contributed by atoms with Gasteiger partial charge in [0.25, 0.3) is 0 Å². The van der Waals surface area contributed by atoms with Crippen LogP contribution in [0.3, 0.4) is 0 Å². The van der Waals surface area contributed by atoms with Gasteiger partial charge in [-0.25, -0.2) is 0 Å². The SMILES string of the molecule is Clc1ccc2oc3c(I)cccc3c2c1. The number of hydrogen-bond acceptors (Lipinski definition) is 1. The summed E-state index contributed by atoms with van der Waals surface area (Å²) in [5, 5.41) is 2.94. The number of furan rings is 1. The zero-order valence-electron chi connectivity index (χ0n) is 7.63. The van der Waals surface area contributed by atoms with Crippen molar-refractivity contribution in [1.29, 1.82) is 0 Å². The van der Waals surface area contributed by atoms with Crippen molar-refractivity contribution in [2.75, 3.05) is 0 Å². The van der Waals surface area contributed by atoms with Crippen LogP contribution in [0, 0.1) is 3.57 Å². The molecule has 0 radical (unpaired) electrons. The fourth-order valence-electron chi connectivity index (χ4n) is 1.74. The number of hydrogen-bond donors (Lipinski definition) is 0. The van der Waals surface area contributed by atoms with Crippen molar-refractivity contribution in [3.05, 3.63) is 45.0 Å². The predicted octanol–water partition coefficient (Wildman–Crippen LogP) is 4.84. The molecular formula is C12H6ClIO. The molecule has 0 N–H and O–H groups in total. The third kappa shape index (κ3) is 1.43. The van der Waals surface area contributed by atoms with Crippen molar-refractivity contribution < 1.29 is 4.42 Å². The molecule has 2 aromatic carbocycles. The van der Waals surface area contributed by atoms with Crippen LogP contribution in [-0.4, -0.2) is 0 Å². The Morgan fingerprint density at radius 2 is 1.93 bits per heavy atom. The first kappa shape index (κ1) is 9.48. The predicted molar refractivity (Wildman–Crippen MR) is 71.4 cm³/mol.